The second-order valence-corrected chi connectivity index (χ2v) is 6.05. The first-order valence-corrected chi connectivity index (χ1v) is 8.71. The molecule has 0 bridgehead atoms. The lowest BCUT2D eigenvalue weighted by Crippen LogP contribution is -2.26. The average molecular weight is 336 g/mol. The van der Waals surface area contributed by atoms with Gasteiger partial charge in [0, 0.05) is 18.7 Å². The van der Waals surface area contributed by atoms with E-state index in [4.69, 9.17) is 0 Å². The Hall–Kier alpha value is -2.66. The van der Waals surface area contributed by atoms with Crippen LogP contribution in [0, 0.1) is 0 Å². The minimum Gasteiger partial charge on any atom is -0.348 e. The SMILES string of the molecule is CCN(CC)Cc1ccccc1CNC(=O)c1ccc2nc[nH]c2c1. The molecule has 1 heterocycles. The number of imidazole rings is 1. The molecule has 3 rings (SSSR count). The van der Waals surface area contributed by atoms with Crippen molar-refractivity contribution >= 4 is 16.9 Å². The van der Waals surface area contributed by atoms with E-state index in [0.717, 1.165) is 36.2 Å². The highest BCUT2D eigenvalue weighted by molar-refractivity contribution is 5.97. The fraction of sp³-hybridized carbons (Fsp3) is 0.300. The Morgan fingerprint density at radius 1 is 1.12 bits per heavy atom. The van der Waals surface area contributed by atoms with E-state index in [-0.39, 0.29) is 5.91 Å². The highest BCUT2D eigenvalue weighted by atomic mass is 16.1. The molecular weight excluding hydrogens is 312 g/mol. The van der Waals surface area contributed by atoms with Gasteiger partial charge >= 0.3 is 0 Å². The van der Waals surface area contributed by atoms with Crippen LogP contribution < -0.4 is 5.32 Å². The number of aromatic amines is 1. The van der Waals surface area contributed by atoms with E-state index in [1.54, 1.807) is 12.4 Å². The van der Waals surface area contributed by atoms with Gasteiger partial charge in [-0.1, -0.05) is 38.1 Å². The maximum atomic E-state index is 12.5. The molecule has 0 unspecified atom stereocenters. The highest BCUT2D eigenvalue weighted by Crippen LogP contribution is 2.14. The number of benzene rings is 2. The summed E-state index contributed by atoms with van der Waals surface area (Å²) in [6.07, 6.45) is 1.63. The minimum absolute atomic E-state index is 0.0749. The number of rotatable bonds is 7. The average Bonchev–Trinajstić information content (AvgIpc) is 3.12. The molecule has 0 aliphatic heterocycles. The Morgan fingerprint density at radius 2 is 1.88 bits per heavy atom. The number of carbonyl (C=O) groups excluding carboxylic acids is 1. The number of hydrogen-bond donors (Lipinski definition) is 2. The first kappa shape index (κ1) is 17.2. The lowest BCUT2D eigenvalue weighted by atomic mass is 10.1. The molecule has 2 N–H and O–H groups in total. The molecule has 1 aromatic heterocycles. The highest BCUT2D eigenvalue weighted by Gasteiger charge is 2.10. The summed E-state index contributed by atoms with van der Waals surface area (Å²) in [6.45, 7) is 7.79. The van der Waals surface area contributed by atoms with Crippen LogP contribution in [0.5, 0.6) is 0 Å². The van der Waals surface area contributed by atoms with E-state index >= 15 is 0 Å². The number of carbonyl (C=O) groups is 1. The molecule has 0 aliphatic carbocycles. The van der Waals surface area contributed by atoms with Gasteiger partial charge in [-0.3, -0.25) is 9.69 Å². The molecule has 130 valence electrons. The van der Waals surface area contributed by atoms with Gasteiger partial charge < -0.3 is 10.3 Å². The summed E-state index contributed by atoms with van der Waals surface area (Å²) in [4.78, 5) is 22.1. The lowest BCUT2D eigenvalue weighted by molar-refractivity contribution is 0.0951. The van der Waals surface area contributed by atoms with Crippen molar-refractivity contribution in [2.75, 3.05) is 13.1 Å². The molecule has 0 radical (unpaired) electrons. The molecule has 3 aromatic rings. The van der Waals surface area contributed by atoms with Gasteiger partial charge in [0.2, 0.25) is 0 Å². The summed E-state index contributed by atoms with van der Waals surface area (Å²) in [5, 5.41) is 3.03. The fourth-order valence-corrected chi connectivity index (χ4v) is 2.93. The predicted octanol–water partition coefficient (Wildman–Crippen LogP) is 3.33. The van der Waals surface area contributed by atoms with Crippen molar-refractivity contribution in [1.82, 2.24) is 20.2 Å². The maximum Gasteiger partial charge on any atom is 0.251 e. The van der Waals surface area contributed by atoms with Crippen LogP contribution in [0.4, 0.5) is 0 Å². The van der Waals surface area contributed by atoms with E-state index in [1.165, 1.54) is 5.56 Å². The van der Waals surface area contributed by atoms with Crippen LogP contribution in [0.3, 0.4) is 0 Å². The minimum atomic E-state index is -0.0749. The summed E-state index contributed by atoms with van der Waals surface area (Å²) in [6, 6.07) is 13.8. The van der Waals surface area contributed by atoms with Crippen LogP contribution >= 0.6 is 0 Å². The van der Waals surface area contributed by atoms with Gasteiger partial charge in [-0.2, -0.15) is 0 Å². The number of H-pyrrole nitrogens is 1. The Labute approximate surface area is 148 Å². The Morgan fingerprint density at radius 3 is 2.64 bits per heavy atom. The van der Waals surface area contributed by atoms with Crippen molar-refractivity contribution in [3.8, 4) is 0 Å². The topological polar surface area (TPSA) is 61.0 Å². The van der Waals surface area contributed by atoms with Crippen molar-refractivity contribution in [2.45, 2.75) is 26.9 Å². The molecule has 0 saturated carbocycles. The second kappa shape index (κ2) is 7.94. The van der Waals surface area contributed by atoms with Crippen LogP contribution in [-0.2, 0) is 13.1 Å². The predicted molar refractivity (Wildman–Crippen MR) is 100 cm³/mol. The van der Waals surface area contributed by atoms with Crippen LogP contribution in [0.1, 0.15) is 35.3 Å². The molecule has 1 amide bonds. The quantitative estimate of drug-likeness (QED) is 0.696. The summed E-state index contributed by atoms with van der Waals surface area (Å²) in [5.41, 5.74) is 4.79. The van der Waals surface area contributed by atoms with Crippen LogP contribution in [0.2, 0.25) is 0 Å². The standard InChI is InChI=1S/C20H24N4O/c1-3-24(4-2)13-17-8-6-5-7-16(17)12-21-20(25)15-9-10-18-19(11-15)23-14-22-18/h5-11,14H,3-4,12-13H2,1-2H3,(H,21,25)(H,22,23). The zero-order chi connectivity index (χ0) is 17.6. The van der Waals surface area contributed by atoms with Crippen molar-refractivity contribution in [2.24, 2.45) is 0 Å². The van der Waals surface area contributed by atoms with E-state index in [9.17, 15) is 4.79 Å². The molecule has 25 heavy (non-hydrogen) atoms. The molecule has 5 nitrogen and oxygen atoms in total. The first-order valence-electron chi connectivity index (χ1n) is 8.71. The van der Waals surface area contributed by atoms with Gasteiger partial charge in [-0.05, 0) is 42.4 Å². The Kier molecular flexibility index (Phi) is 5.46. The van der Waals surface area contributed by atoms with E-state index in [2.05, 4.69) is 52.2 Å². The van der Waals surface area contributed by atoms with Crippen molar-refractivity contribution in [1.29, 1.82) is 0 Å². The molecule has 0 fully saturated rings. The molecule has 0 aliphatic rings. The van der Waals surface area contributed by atoms with Crippen molar-refractivity contribution < 1.29 is 4.79 Å². The smallest absolute Gasteiger partial charge is 0.251 e. The summed E-state index contributed by atoms with van der Waals surface area (Å²) in [7, 11) is 0. The second-order valence-electron chi connectivity index (χ2n) is 6.05. The van der Waals surface area contributed by atoms with Crippen LogP contribution in [0.15, 0.2) is 48.8 Å². The van der Waals surface area contributed by atoms with Crippen molar-refractivity contribution in [3.63, 3.8) is 0 Å². The van der Waals surface area contributed by atoms with Gasteiger partial charge in [0.25, 0.3) is 5.91 Å². The number of nitrogens with one attached hydrogen (secondary N) is 2. The van der Waals surface area contributed by atoms with Gasteiger partial charge in [-0.25, -0.2) is 4.98 Å². The first-order chi connectivity index (χ1) is 12.2. The maximum absolute atomic E-state index is 12.5. The van der Waals surface area contributed by atoms with Crippen LogP contribution in [-0.4, -0.2) is 33.9 Å². The number of aromatic nitrogens is 2. The molecule has 5 heteroatoms. The van der Waals surface area contributed by atoms with Gasteiger partial charge in [0.15, 0.2) is 0 Å². The molecular formula is C20H24N4O. The van der Waals surface area contributed by atoms with Gasteiger partial charge in [-0.15, -0.1) is 0 Å². The summed E-state index contributed by atoms with van der Waals surface area (Å²) in [5.74, 6) is -0.0749. The summed E-state index contributed by atoms with van der Waals surface area (Å²) >= 11 is 0. The third kappa shape index (κ3) is 4.06. The zero-order valence-electron chi connectivity index (χ0n) is 14.7. The lowest BCUT2D eigenvalue weighted by Gasteiger charge is -2.20. The number of nitrogens with zero attached hydrogens (tertiary/aromatic N) is 2. The third-order valence-electron chi connectivity index (χ3n) is 4.53. The van der Waals surface area contributed by atoms with Crippen molar-refractivity contribution in [3.05, 3.63) is 65.5 Å². The van der Waals surface area contributed by atoms with Gasteiger partial charge in [0.05, 0.1) is 17.4 Å². The molecule has 0 saturated heterocycles. The Bertz CT molecular complexity index is 852. The van der Waals surface area contributed by atoms with E-state index in [1.807, 2.05) is 18.2 Å². The normalized spacial score (nSPS) is 11.2. The van der Waals surface area contributed by atoms with Gasteiger partial charge in [0.1, 0.15) is 0 Å². The number of hydrogen-bond acceptors (Lipinski definition) is 3. The molecule has 0 spiro atoms. The number of amides is 1. The van der Waals surface area contributed by atoms with E-state index < -0.39 is 0 Å². The third-order valence-corrected chi connectivity index (χ3v) is 4.53. The Balaban J connectivity index is 1.69. The van der Waals surface area contributed by atoms with E-state index in [0.29, 0.717) is 12.1 Å². The molecule has 2 aromatic carbocycles. The monoisotopic (exact) mass is 336 g/mol. The molecule has 0 atom stereocenters. The largest absolute Gasteiger partial charge is 0.348 e. The summed E-state index contributed by atoms with van der Waals surface area (Å²) < 4.78 is 0. The zero-order valence-corrected chi connectivity index (χ0v) is 14.7. The number of fused-ring (bicyclic) bond motifs is 1. The van der Waals surface area contributed by atoms with Crippen LogP contribution in [0.25, 0.3) is 11.0 Å². The fourth-order valence-electron chi connectivity index (χ4n) is 2.93.